The van der Waals surface area contributed by atoms with Crippen LogP contribution in [0.1, 0.15) is 24.8 Å². The molecule has 1 aliphatic rings. The molecule has 1 saturated carbocycles. The monoisotopic (exact) mass is 260 g/mol. The average molecular weight is 260 g/mol. The van der Waals surface area contributed by atoms with Gasteiger partial charge >= 0.3 is 5.97 Å². The van der Waals surface area contributed by atoms with Gasteiger partial charge in [0.25, 0.3) is 0 Å². The van der Waals surface area contributed by atoms with Crippen LogP contribution in [0.4, 0.5) is 0 Å². The lowest BCUT2D eigenvalue weighted by Crippen LogP contribution is -2.38. The summed E-state index contributed by atoms with van der Waals surface area (Å²) >= 11 is 0. The van der Waals surface area contributed by atoms with Gasteiger partial charge in [0.1, 0.15) is 0 Å². The minimum Gasteiger partial charge on any atom is -0.481 e. The maximum absolute atomic E-state index is 11.8. The smallest absolute Gasteiger partial charge is 0.307 e. The fourth-order valence-corrected chi connectivity index (χ4v) is 2.60. The molecule has 19 heavy (non-hydrogen) atoms. The molecule has 100 valence electrons. The van der Waals surface area contributed by atoms with Crippen LogP contribution in [0.3, 0.4) is 0 Å². The van der Waals surface area contributed by atoms with Crippen LogP contribution in [0.5, 0.6) is 0 Å². The van der Waals surface area contributed by atoms with Crippen LogP contribution in [0.15, 0.2) is 30.3 Å². The maximum atomic E-state index is 11.8. The Bertz CT molecular complexity index is 492. The Labute approximate surface area is 111 Å². The third kappa shape index (κ3) is 3.08. The van der Waals surface area contributed by atoms with Gasteiger partial charge in [-0.25, -0.2) is 0 Å². The Morgan fingerprint density at radius 1 is 1.26 bits per heavy atom. The van der Waals surface area contributed by atoms with E-state index in [-0.39, 0.29) is 6.42 Å². The lowest BCUT2D eigenvalue weighted by atomic mass is 9.76. The van der Waals surface area contributed by atoms with Crippen molar-refractivity contribution in [3.63, 3.8) is 0 Å². The van der Waals surface area contributed by atoms with Crippen LogP contribution in [-0.2, 0) is 20.8 Å². The second-order valence-electron chi connectivity index (χ2n) is 4.92. The second kappa shape index (κ2) is 5.78. The molecule has 1 fully saturated rings. The molecule has 0 saturated heterocycles. The highest BCUT2D eigenvalue weighted by Crippen LogP contribution is 2.28. The standard InChI is InChI=1S/C15H16O4/c16-13-8-4-7-11(14(13)17)12(15(18)19)9-10-5-2-1-3-6-10/h1-3,5-6,11-12H,4,7-9H2,(H,18,19). The Kier molecular flexibility index (Phi) is 4.10. The number of carbonyl (C=O) groups is 3. The molecular formula is C15H16O4. The quantitative estimate of drug-likeness (QED) is 0.839. The van der Waals surface area contributed by atoms with Crippen LogP contribution in [0, 0.1) is 11.8 Å². The van der Waals surface area contributed by atoms with E-state index in [2.05, 4.69) is 0 Å². The van der Waals surface area contributed by atoms with E-state index in [1.807, 2.05) is 30.3 Å². The summed E-state index contributed by atoms with van der Waals surface area (Å²) in [6.45, 7) is 0. The lowest BCUT2D eigenvalue weighted by molar-refractivity contribution is -0.150. The number of rotatable bonds is 4. The molecule has 1 aliphatic carbocycles. The van der Waals surface area contributed by atoms with Gasteiger partial charge in [-0.2, -0.15) is 0 Å². The predicted octanol–water partition coefficient (Wildman–Crippen LogP) is 1.87. The van der Waals surface area contributed by atoms with Gasteiger partial charge in [0.05, 0.1) is 5.92 Å². The van der Waals surface area contributed by atoms with Crippen molar-refractivity contribution in [2.45, 2.75) is 25.7 Å². The minimum atomic E-state index is -1.00. The van der Waals surface area contributed by atoms with Crippen molar-refractivity contribution in [2.24, 2.45) is 11.8 Å². The lowest BCUT2D eigenvalue weighted by Gasteiger charge is -2.25. The number of benzene rings is 1. The molecule has 1 N–H and O–H groups in total. The number of carbonyl (C=O) groups excluding carboxylic acids is 2. The molecule has 2 rings (SSSR count). The fraction of sp³-hybridized carbons (Fsp3) is 0.400. The zero-order chi connectivity index (χ0) is 13.8. The average Bonchev–Trinajstić information content (AvgIpc) is 2.40. The molecule has 1 aromatic rings. The summed E-state index contributed by atoms with van der Waals surface area (Å²) in [4.78, 5) is 34.7. The molecule has 0 aliphatic heterocycles. The molecule has 2 atom stereocenters. The van der Waals surface area contributed by atoms with E-state index in [1.54, 1.807) is 0 Å². The van der Waals surface area contributed by atoms with Gasteiger partial charge < -0.3 is 5.11 Å². The highest BCUT2D eigenvalue weighted by atomic mass is 16.4. The van der Waals surface area contributed by atoms with Gasteiger partial charge in [-0.1, -0.05) is 30.3 Å². The summed E-state index contributed by atoms with van der Waals surface area (Å²) in [6.07, 6.45) is 1.65. The number of aliphatic carboxylic acids is 1. The number of hydrogen-bond acceptors (Lipinski definition) is 3. The van der Waals surface area contributed by atoms with Crippen LogP contribution >= 0.6 is 0 Å². The first-order valence-electron chi connectivity index (χ1n) is 6.43. The highest BCUT2D eigenvalue weighted by molar-refractivity contribution is 6.38. The predicted molar refractivity (Wildman–Crippen MR) is 68.6 cm³/mol. The van der Waals surface area contributed by atoms with Gasteiger partial charge in [0, 0.05) is 12.3 Å². The number of carboxylic acid groups (broad SMARTS) is 1. The number of carboxylic acids is 1. The first-order chi connectivity index (χ1) is 9.09. The highest BCUT2D eigenvalue weighted by Gasteiger charge is 2.38. The molecule has 4 nitrogen and oxygen atoms in total. The second-order valence-corrected chi connectivity index (χ2v) is 4.92. The van der Waals surface area contributed by atoms with Crippen molar-refractivity contribution in [1.82, 2.24) is 0 Å². The molecule has 0 amide bonds. The third-order valence-electron chi connectivity index (χ3n) is 3.63. The summed E-state index contributed by atoms with van der Waals surface area (Å²) < 4.78 is 0. The Morgan fingerprint density at radius 2 is 1.95 bits per heavy atom. The SMILES string of the molecule is O=C1CCCC(C(Cc2ccccc2)C(=O)O)C1=O. The number of Topliss-reactive ketones (excluding diaryl/α,β-unsaturated/α-hetero) is 2. The van der Waals surface area contributed by atoms with Crippen molar-refractivity contribution in [3.8, 4) is 0 Å². The summed E-state index contributed by atoms with van der Waals surface area (Å²) in [6, 6.07) is 9.20. The fourth-order valence-electron chi connectivity index (χ4n) is 2.60. The van der Waals surface area contributed by atoms with E-state index in [1.165, 1.54) is 0 Å². The van der Waals surface area contributed by atoms with E-state index < -0.39 is 29.4 Å². The van der Waals surface area contributed by atoms with Crippen molar-refractivity contribution in [1.29, 1.82) is 0 Å². The number of ketones is 2. The molecule has 0 aromatic heterocycles. The van der Waals surface area contributed by atoms with E-state index in [4.69, 9.17) is 0 Å². The third-order valence-corrected chi connectivity index (χ3v) is 3.63. The first-order valence-corrected chi connectivity index (χ1v) is 6.43. The summed E-state index contributed by atoms with van der Waals surface area (Å²) in [5.41, 5.74) is 0.876. The Balaban J connectivity index is 2.18. The van der Waals surface area contributed by atoms with E-state index in [0.717, 1.165) is 5.56 Å². The topological polar surface area (TPSA) is 71.4 Å². The zero-order valence-corrected chi connectivity index (χ0v) is 10.5. The van der Waals surface area contributed by atoms with Crippen LogP contribution in [0.25, 0.3) is 0 Å². The molecule has 0 radical (unpaired) electrons. The number of hydrogen-bond donors (Lipinski definition) is 1. The Hall–Kier alpha value is -1.97. The Morgan fingerprint density at radius 3 is 2.58 bits per heavy atom. The van der Waals surface area contributed by atoms with Crippen LogP contribution in [-0.4, -0.2) is 22.6 Å². The van der Waals surface area contributed by atoms with E-state index in [0.29, 0.717) is 19.3 Å². The maximum Gasteiger partial charge on any atom is 0.307 e. The van der Waals surface area contributed by atoms with Crippen molar-refractivity contribution in [2.75, 3.05) is 0 Å². The van der Waals surface area contributed by atoms with Gasteiger partial charge in [-0.15, -0.1) is 0 Å². The first kappa shape index (κ1) is 13.5. The van der Waals surface area contributed by atoms with Gasteiger partial charge in [0.2, 0.25) is 5.78 Å². The van der Waals surface area contributed by atoms with Crippen molar-refractivity contribution >= 4 is 17.5 Å². The molecule has 2 unspecified atom stereocenters. The van der Waals surface area contributed by atoms with Crippen molar-refractivity contribution in [3.05, 3.63) is 35.9 Å². The molecule has 0 heterocycles. The van der Waals surface area contributed by atoms with Crippen LogP contribution in [0.2, 0.25) is 0 Å². The van der Waals surface area contributed by atoms with Crippen molar-refractivity contribution < 1.29 is 19.5 Å². The molecule has 0 bridgehead atoms. The van der Waals surface area contributed by atoms with Gasteiger partial charge in [0.15, 0.2) is 5.78 Å². The largest absolute Gasteiger partial charge is 0.481 e. The molecule has 1 aromatic carbocycles. The van der Waals surface area contributed by atoms with E-state index in [9.17, 15) is 19.5 Å². The summed E-state index contributed by atoms with van der Waals surface area (Å²) in [5.74, 6) is -3.40. The zero-order valence-electron chi connectivity index (χ0n) is 10.5. The molecule has 4 heteroatoms. The van der Waals surface area contributed by atoms with Crippen LogP contribution < -0.4 is 0 Å². The molecule has 0 spiro atoms. The van der Waals surface area contributed by atoms with Gasteiger partial charge in [-0.3, -0.25) is 14.4 Å². The van der Waals surface area contributed by atoms with E-state index >= 15 is 0 Å². The minimum absolute atomic E-state index is 0.257. The molecular weight excluding hydrogens is 244 g/mol. The summed E-state index contributed by atoms with van der Waals surface area (Å²) in [7, 11) is 0. The van der Waals surface area contributed by atoms with Gasteiger partial charge in [-0.05, 0) is 24.8 Å². The normalized spacial score (nSPS) is 21.2. The summed E-state index contributed by atoms with van der Waals surface area (Å²) in [5, 5.41) is 9.33.